The number of rotatable bonds is 8. The Morgan fingerprint density at radius 3 is 2.73 bits per heavy atom. The van der Waals surface area contributed by atoms with Crippen LogP contribution in [-0.2, 0) is 4.74 Å². The van der Waals surface area contributed by atoms with Gasteiger partial charge >= 0.3 is 0 Å². The Balaban J connectivity index is 1.87. The summed E-state index contributed by atoms with van der Waals surface area (Å²) in [6, 6.07) is 0.587. The molecule has 0 saturated carbocycles. The average Bonchev–Trinajstić information content (AvgIpc) is 2.74. The van der Waals surface area contributed by atoms with Crippen LogP contribution in [0.15, 0.2) is 0 Å². The lowest BCUT2D eigenvalue weighted by Crippen LogP contribution is -2.30. The Morgan fingerprint density at radius 2 is 2.07 bits per heavy atom. The Hall–Kier alpha value is -0.120. The topological polar surface area (TPSA) is 24.5 Å². The molecule has 1 rings (SSSR count). The van der Waals surface area contributed by atoms with Crippen molar-refractivity contribution in [1.29, 1.82) is 0 Å². The molecule has 0 amide bonds. The van der Waals surface area contributed by atoms with Crippen LogP contribution in [0, 0.1) is 0 Å². The van der Waals surface area contributed by atoms with E-state index in [2.05, 4.69) is 17.1 Å². The molecule has 15 heavy (non-hydrogen) atoms. The highest BCUT2D eigenvalue weighted by atomic mass is 16.5. The van der Waals surface area contributed by atoms with Crippen molar-refractivity contribution in [2.45, 2.75) is 38.6 Å². The van der Waals surface area contributed by atoms with Gasteiger partial charge < -0.3 is 15.0 Å². The van der Waals surface area contributed by atoms with Gasteiger partial charge in [-0.2, -0.15) is 0 Å². The van der Waals surface area contributed by atoms with Gasteiger partial charge in [0.25, 0.3) is 0 Å². The smallest absolute Gasteiger partial charge is 0.0476 e. The van der Waals surface area contributed by atoms with Crippen LogP contribution in [0.25, 0.3) is 0 Å². The van der Waals surface area contributed by atoms with E-state index >= 15 is 0 Å². The molecule has 3 nitrogen and oxygen atoms in total. The summed E-state index contributed by atoms with van der Waals surface area (Å²) in [6.45, 7) is 8.14. The summed E-state index contributed by atoms with van der Waals surface area (Å²) in [7, 11) is 1.76. The van der Waals surface area contributed by atoms with E-state index in [1.807, 2.05) is 0 Å². The van der Waals surface area contributed by atoms with Gasteiger partial charge in [-0.25, -0.2) is 0 Å². The molecule has 1 saturated heterocycles. The zero-order valence-electron chi connectivity index (χ0n) is 10.3. The van der Waals surface area contributed by atoms with E-state index in [1.54, 1.807) is 7.11 Å². The first-order chi connectivity index (χ1) is 7.33. The third-order valence-electron chi connectivity index (χ3n) is 3.10. The predicted molar refractivity (Wildman–Crippen MR) is 64.2 cm³/mol. The maximum absolute atomic E-state index is 5.05. The fourth-order valence-electron chi connectivity index (χ4n) is 2.05. The predicted octanol–water partition coefficient (Wildman–Crippen LogP) is 1.49. The lowest BCUT2D eigenvalue weighted by molar-refractivity contribution is 0.184. The average molecular weight is 214 g/mol. The molecule has 0 radical (unpaired) electrons. The quantitative estimate of drug-likeness (QED) is 0.620. The molecular formula is C12H26N2O. The highest BCUT2D eigenvalue weighted by Gasteiger charge is 2.10. The van der Waals surface area contributed by atoms with Crippen LogP contribution in [-0.4, -0.2) is 50.8 Å². The van der Waals surface area contributed by atoms with E-state index in [1.165, 1.54) is 38.9 Å². The second kappa shape index (κ2) is 8.08. The van der Waals surface area contributed by atoms with E-state index in [9.17, 15) is 0 Å². The summed E-state index contributed by atoms with van der Waals surface area (Å²) in [6.07, 6.45) is 5.19. The minimum Gasteiger partial charge on any atom is -0.385 e. The van der Waals surface area contributed by atoms with Crippen molar-refractivity contribution >= 4 is 0 Å². The van der Waals surface area contributed by atoms with Crippen LogP contribution in [0.5, 0.6) is 0 Å². The zero-order chi connectivity index (χ0) is 10.9. The lowest BCUT2D eigenvalue weighted by Gasteiger charge is -2.16. The Bertz CT molecular complexity index is 147. The second-order valence-corrected chi connectivity index (χ2v) is 4.54. The number of hydrogen-bond acceptors (Lipinski definition) is 3. The molecule has 1 fully saturated rings. The highest BCUT2D eigenvalue weighted by molar-refractivity contribution is 4.67. The van der Waals surface area contributed by atoms with Gasteiger partial charge in [0.15, 0.2) is 0 Å². The van der Waals surface area contributed by atoms with E-state index in [4.69, 9.17) is 4.74 Å². The van der Waals surface area contributed by atoms with Crippen molar-refractivity contribution in [3.8, 4) is 0 Å². The monoisotopic (exact) mass is 214 g/mol. The third kappa shape index (κ3) is 6.13. The first-order valence-electron chi connectivity index (χ1n) is 6.27. The van der Waals surface area contributed by atoms with Crippen LogP contribution < -0.4 is 5.32 Å². The molecule has 1 N–H and O–H groups in total. The Morgan fingerprint density at radius 1 is 1.33 bits per heavy atom. The SMILES string of the molecule is COCCC(C)NCCCN1CCCC1. The van der Waals surface area contributed by atoms with Gasteiger partial charge in [0.1, 0.15) is 0 Å². The number of methoxy groups -OCH3 is 1. The second-order valence-electron chi connectivity index (χ2n) is 4.54. The standard InChI is InChI=1S/C12H26N2O/c1-12(6-11-15-2)13-7-5-10-14-8-3-4-9-14/h12-13H,3-11H2,1-2H3. The van der Waals surface area contributed by atoms with Crippen LogP contribution in [0.1, 0.15) is 32.6 Å². The first-order valence-corrected chi connectivity index (χ1v) is 6.27. The van der Waals surface area contributed by atoms with Crippen molar-refractivity contribution in [3.63, 3.8) is 0 Å². The third-order valence-corrected chi connectivity index (χ3v) is 3.10. The molecule has 1 aliphatic heterocycles. The number of likely N-dealkylation sites (tertiary alicyclic amines) is 1. The molecular weight excluding hydrogens is 188 g/mol. The maximum atomic E-state index is 5.05. The van der Waals surface area contributed by atoms with Gasteiger partial charge in [-0.15, -0.1) is 0 Å². The van der Waals surface area contributed by atoms with E-state index in [0.29, 0.717) is 6.04 Å². The number of ether oxygens (including phenoxy) is 1. The molecule has 3 heteroatoms. The van der Waals surface area contributed by atoms with Crippen molar-refractivity contribution in [2.24, 2.45) is 0 Å². The summed E-state index contributed by atoms with van der Waals surface area (Å²) in [5.41, 5.74) is 0. The van der Waals surface area contributed by atoms with Crippen LogP contribution >= 0.6 is 0 Å². The highest BCUT2D eigenvalue weighted by Crippen LogP contribution is 2.06. The largest absolute Gasteiger partial charge is 0.385 e. The molecule has 1 heterocycles. The van der Waals surface area contributed by atoms with Crippen molar-refractivity contribution in [1.82, 2.24) is 10.2 Å². The molecule has 0 aromatic carbocycles. The van der Waals surface area contributed by atoms with Gasteiger partial charge in [0.05, 0.1) is 0 Å². The fourth-order valence-corrected chi connectivity index (χ4v) is 2.05. The van der Waals surface area contributed by atoms with Gasteiger partial charge in [-0.1, -0.05) is 0 Å². The summed E-state index contributed by atoms with van der Waals surface area (Å²) in [5.74, 6) is 0. The molecule has 1 aliphatic rings. The van der Waals surface area contributed by atoms with Crippen LogP contribution in [0.3, 0.4) is 0 Å². The van der Waals surface area contributed by atoms with E-state index in [0.717, 1.165) is 19.6 Å². The maximum Gasteiger partial charge on any atom is 0.0476 e. The minimum atomic E-state index is 0.587. The first kappa shape index (κ1) is 12.9. The molecule has 0 aromatic rings. The molecule has 1 unspecified atom stereocenters. The van der Waals surface area contributed by atoms with E-state index in [-0.39, 0.29) is 0 Å². The Kier molecular flexibility index (Phi) is 6.98. The molecule has 0 aromatic heterocycles. The van der Waals surface area contributed by atoms with Gasteiger partial charge in [-0.3, -0.25) is 0 Å². The van der Waals surface area contributed by atoms with Gasteiger partial charge in [-0.05, 0) is 58.8 Å². The zero-order valence-corrected chi connectivity index (χ0v) is 10.3. The number of nitrogens with one attached hydrogen (secondary N) is 1. The van der Waals surface area contributed by atoms with Crippen molar-refractivity contribution in [2.75, 3.05) is 39.9 Å². The van der Waals surface area contributed by atoms with Crippen LogP contribution in [0.2, 0.25) is 0 Å². The Labute approximate surface area is 94.2 Å². The summed E-state index contributed by atoms with van der Waals surface area (Å²) in [4.78, 5) is 2.57. The van der Waals surface area contributed by atoms with Gasteiger partial charge in [0.2, 0.25) is 0 Å². The summed E-state index contributed by atoms with van der Waals surface area (Å²) >= 11 is 0. The molecule has 0 spiro atoms. The molecule has 90 valence electrons. The summed E-state index contributed by atoms with van der Waals surface area (Å²) < 4.78 is 5.05. The van der Waals surface area contributed by atoms with Crippen molar-refractivity contribution in [3.05, 3.63) is 0 Å². The fraction of sp³-hybridized carbons (Fsp3) is 1.00. The van der Waals surface area contributed by atoms with Crippen LogP contribution in [0.4, 0.5) is 0 Å². The number of hydrogen-bond donors (Lipinski definition) is 1. The molecule has 0 aliphatic carbocycles. The molecule has 0 bridgehead atoms. The van der Waals surface area contributed by atoms with E-state index < -0.39 is 0 Å². The minimum absolute atomic E-state index is 0.587. The normalized spacial score (nSPS) is 19.6. The van der Waals surface area contributed by atoms with Crippen molar-refractivity contribution < 1.29 is 4.74 Å². The van der Waals surface area contributed by atoms with Gasteiger partial charge in [0, 0.05) is 19.8 Å². The number of nitrogens with zero attached hydrogens (tertiary/aromatic N) is 1. The molecule has 1 atom stereocenters. The summed E-state index contributed by atoms with van der Waals surface area (Å²) in [5, 5.41) is 3.53. The lowest BCUT2D eigenvalue weighted by atomic mass is 10.2.